The number of imidazole rings is 1. The molecule has 136 valence electrons. The zero-order valence-electron chi connectivity index (χ0n) is 14.3. The molecule has 7 nitrogen and oxygen atoms in total. The monoisotopic (exact) mass is 353 g/mol. The largest absolute Gasteiger partial charge is 0.361 e. The van der Waals surface area contributed by atoms with Crippen molar-refractivity contribution in [3.05, 3.63) is 35.2 Å². The lowest BCUT2D eigenvalue weighted by Crippen LogP contribution is -2.49. The number of carbonyl (C=O) groups is 1. The van der Waals surface area contributed by atoms with Crippen LogP contribution in [0.4, 0.5) is 8.78 Å². The van der Waals surface area contributed by atoms with Gasteiger partial charge in [0, 0.05) is 44.1 Å². The fourth-order valence-corrected chi connectivity index (χ4v) is 3.02. The Hall–Kier alpha value is -2.29. The molecule has 1 saturated heterocycles. The summed E-state index contributed by atoms with van der Waals surface area (Å²) in [6.45, 7) is 3.77. The van der Waals surface area contributed by atoms with E-state index in [0.29, 0.717) is 44.3 Å². The minimum atomic E-state index is -2.59. The van der Waals surface area contributed by atoms with Crippen molar-refractivity contribution in [1.29, 1.82) is 0 Å². The fourth-order valence-electron chi connectivity index (χ4n) is 3.02. The number of aromatic nitrogens is 3. The molecule has 0 N–H and O–H groups in total. The van der Waals surface area contributed by atoms with Crippen LogP contribution in [0.3, 0.4) is 0 Å². The van der Waals surface area contributed by atoms with Crippen molar-refractivity contribution in [3.8, 4) is 0 Å². The van der Waals surface area contributed by atoms with Crippen molar-refractivity contribution in [2.24, 2.45) is 0 Å². The molecule has 9 heteroatoms. The van der Waals surface area contributed by atoms with E-state index in [9.17, 15) is 13.6 Å². The maximum Gasteiger partial charge on any atom is 0.319 e. The van der Waals surface area contributed by atoms with Gasteiger partial charge in [-0.15, -0.1) is 0 Å². The van der Waals surface area contributed by atoms with E-state index in [-0.39, 0.29) is 12.3 Å². The first-order valence-corrected chi connectivity index (χ1v) is 8.17. The van der Waals surface area contributed by atoms with Gasteiger partial charge in [-0.2, -0.15) is 8.78 Å². The van der Waals surface area contributed by atoms with Gasteiger partial charge in [0.25, 0.3) is 0 Å². The van der Waals surface area contributed by atoms with Gasteiger partial charge in [0.05, 0.1) is 18.7 Å². The highest BCUT2D eigenvalue weighted by molar-refractivity contribution is 5.79. The molecule has 0 aromatic carbocycles. The van der Waals surface area contributed by atoms with Crippen LogP contribution in [0.2, 0.25) is 0 Å². The average molecular weight is 353 g/mol. The molecule has 2 aromatic rings. The van der Waals surface area contributed by atoms with E-state index in [1.54, 1.807) is 11.8 Å². The summed E-state index contributed by atoms with van der Waals surface area (Å²) in [7, 11) is 0. The van der Waals surface area contributed by atoms with E-state index < -0.39 is 6.55 Å². The number of halogens is 2. The lowest BCUT2D eigenvalue weighted by molar-refractivity contribution is -0.132. The van der Waals surface area contributed by atoms with E-state index >= 15 is 0 Å². The molecular formula is C16H21F2N5O2. The van der Waals surface area contributed by atoms with Gasteiger partial charge in [0.1, 0.15) is 11.6 Å². The van der Waals surface area contributed by atoms with Crippen molar-refractivity contribution in [3.63, 3.8) is 0 Å². The summed E-state index contributed by atoms with van der Waals surface area (Å²) in [5.74, 6) is 1.04. The van der Waals surface area contributed by atoms with Crippen LogP contribution in [-0.4, -0.2) is 56.6 Å². The maximum absolute atomic E-state index is 12.9. The van der Waals surface area contributed by atoms with Crippen LogP contribution in [0, 0.1) is 13.8 Å². The Kier molecular flexibility index (Phi) is 5.12. The van der Waals surface area contributed by atoms with Gasteiger partial charge < -0.3 is 9.42 Å². The Bertz CT molecular complexity index is 715. The second kappa shape index (κ2) is 7.30. The number of aryl methyl sites for hydroxylation is 2. The Labute approximate surface area is 144 Å². The molecule has 1 amide bonds. The topological polar surface area (TPSA) is 67.4 Å². The van der Waals surface area contributed by atoms with Gasteiger partial charge in [-0.25, -0.2) is 4.98 Å². The van der Waals surface area contributed by atoms with E-state index in [0.717, 1.165) is 15.8 Å². The minimum Gasteiger partial charge on any atom is -0.361 e. The van der Waals surface area contributed by atoms with Crippen LogP contribution >= 0.6 is 0 Å². The lowest BCUT2D eigenvalue weighted by Gasteiger charge is -2.34. The lowest BCUT2D eigenvalue weighted by atomic mass is 10.1. The molecule has 0 saturated carbocycles. The molecule has 0 spiro atoms. The molecular weight excluding hydrogens is 332 g/mol. The highest BCUT2D eigenvalue weighted by Crippen LogP contribution is 2.17. The number of hydrogen-bond donors (Lipinski definition) is 0. The van der Waals surface area contributed by atoms with Gasteiger partial charge in [0.15, 0.2) is 0 Å². The van der Waals surface area contributed by atoms with Gasteiger partial charge in [-0.3, -0.25) is 14.3 Å². The van der Waals surface area contributed by atoms with Gasteiger partial charge >= 0.3 is 6.55 Å². The van der Waals surface area contributed by atoms with Crippen LogP contribution in [0.15, 0.2) is 16.9 Å². The van der Waals surface area contributed by atoms with Gasteiger partial charge in [-0.05, 0) is 13.8 Å². The summed E-state index contributed by atoms with van der Waals surface area (Å²) >= 11 is 0. The summed E-state index contributed by atoms with van der Waals surface area (Å²) < 4.78 is 31.7. The highest BCUT2D eigenvalue weighted by Gasteiger charge is 2.24. The standard InChI is InChI=1S/C16H21F2N5O2/c1-11-13(12(2)25-20-11)9-15(24)22-7-5-21(6-8-22)10-14-19-3-4-23(14)16(17)18/h3-4,16H,5-10H2,1-2H3. The predicted molar refractivity (Wildman–Crippen MR) is 85.0 cm³/mol. The van der Waals surface area contributed by atoms with Crippen LogP contribution in [-0.2, 0) is 17.8 Å². The molecule has 3 heterocycles. The Morgan fingerprint density at radius 1 is 1.28 bits per heavy atom. The summed E-state index contributed by atoms with van der Waals surface area (Å²) in [6.07, 6.45) is 2.94. The van der Waals surface area contributed by atoms with Crippen LogP contribution in [0.25, 0.3) is 0 Å². The molecule has 3 rings (SSSR count). The van der Waals surface area contributed by atoms with Gasteiger partial charge in [-0.1, -0.05) is 5.16 Å². The second-order valence-corrected chi connectivity index (χ2v) is 6.16. The Morgan fingerprint density at radius 2 is 2.00 bits per heavy atom. The Morgan fingerprint density at radius 3 is 2.60 bits per heavy atom. The molecule has 2 aromatic heterocycles. The van der Waals surface area contributed by atoms with Crippen LogP contribution < -0.4 is 0 Å². The van der Waals surface area contributed by atoms with Crippen molar-refractivity contribution in [2.45, 2.75) is 33.4 Å². The number of carbonyl (C=O) groups excluding carboxylic acids is 1. The fraction of sp³-hybridized carbons (Fsp3) is 0.562. The minimum absolute atomic E-state index is 0.0307. The molecule has 0 radical (unpaired) electrons. The van der Waals surface area contributed by atoms with Crippen molar-refractivity contribution in [2.75, 3.05) is 26.2 Å². The third-order valence-electron chi connectivity index (χ3n) is 4.56. The number of amides is 1. The second-order valence-electron chi connectivity index (χ2n) is 6.16. The van der Waals surface area contributed by atoms with E-state index in [2.05, 4.69) is 10.1 Å². The maximum atomic E-state index is 12.9. The van der Waals surface area contributed by atoms with Crippen molar-refractivity contribution in [1.82, 2.24) is 24.5 Å². The van der Waals surface area contributed by atoms with Gasteiger partial charge in [0.2, 0.25) is 5.91 Å². The summed E-state index contributed by atoms with van der Waals surface area (Å²) in [6, 6.07) is 0. The molecule has 1 fully saturated rings. The smallest absolute Gasteiger partial charge is 0.319 e. The first kappa shape index (κ1) is 17.5. The number of alkyl halides is 2. The number of hydrogen-bond acceptors (Lipinski definition) is 5. The summed E-state index contributed by atoms with van der Waals surface area (Å²) in [4.78, 5) is 20.3. The third-order valence-corrected chi connectivity index (χ3v) is 4.56. The quantitative estimate of drug-likeness (QED) is 0.820. The van der Waals surface area contributed by atoms with E-state index in [1.807, 2.05) is 11.8 Å². The van der Waals surface area contributed by atoms with E-state index in [4.69, 9.17) is 4.52 Å². The summed E-state index contributed by atoms with van der Waals surface area (Å²) in [5, 5.41) is 3.87. The molecule has 1 aliphatic rings. The highest BCUT2D eigenvalue weighted by atomic mass is 19.3. The number of rotatable bonds is 5. The molecule has 0 atom stereocenters. The number of nitrogens with zero attached hydrogens (tertiary/aromatic N) is 5. The zero-order valence-corrected chi connectivity index (χ0v) is 14.3. The molecule has 0 bridgehead atoms. The third kappa shape index (κ3) is 3.87. The van der Waals surface area contributed by atoms with Crippen LogP contribution in [0.1, 0.15) is 29.4 Å². The first-order valence-electron chi connectivity index (χ1n) is 8.17. The number of piperazine rings is 1. The normalized spacial score (nSPS) is 16.0. The van der Waals surface area contributed by atoms with E-state index in [1.165, 1.54) is 12.4 Å². The first-order chi connectivity index (χ1) is 12.0. The molecule has 1 aliphatic heterocycles. The van der Waals surface area contributed by atoms with Crippen LogP contribution in [0.5, 0.6) is 0 Å². The predicted octanol–water partition coefficient (Wildman–Crippen LogP) is 1.77. The summed E-state index contributed by atoms with van der Waals surface area (Å²) in [5.41, 5.74) is 1.58. The molecule has 0 aliphatic carbocycles. The molecule has 25 heavy (non-hydrogen) atoms. The van der Waals surface area contributed by atoms with Crippen molar-refractivity contribution < 1.29 is 18.1 Å². The average Bonchev–Trinajstić information content (AvgIpc) is 3.17. The SMILES string of the molecule is Cc1noc(C)c1CC(=O)N1CCN(Cc2nccn2C(F)F)CC1. The Balaban J connectivity index is 1.53. The van der Waals surface area contributed by atoms with Crippen molar-refractivity contribution >= 4 is 5.91 Å². The zero-order chi connectivity index (χ0) is 18.0. The molecule has 0 unspecified atom stereocenters.